The molecule has 0 saturated heterocycles. The lowest BCUT2D eigenvalue weighted by Crippen LogP contribution is -2.58. The number of hydrogen-bond donors (Lipinski definition) is 1. The third kappa shape index (κ3) is 1.76. The zero-order chi connectivity index (χ0) is 10.3. The minimum absolute atomic E-state index is 0.140. The molecule has 1 aliphatic carbocycles. The van der Waals surface area contributed by atoms with Crippen LogP contribution < -0.4 is 0 Å². The first-order valence-electron chi connectivity index (χ1n) is 5.52. The van der Waals surface area contributed by atoms with Gasteiger partial charge in [-0.2, -0.15) is 0 Å². The Labute approximate surface area is 82.5 Å². The lowest BCUT2D eigenvalue weighted by Gasteiger charge is -2.56. The van der Waals surface area contributed by atoms with Crippen LogP contribution >= 0.6 is 0 Å². The van der Waals surface area contributed by atoms with Gasteiger partial charge in [0.2, 0.25) is 0 Å². The molecule has 0 radical (unpaired) electrons. The first-order chi connectivity index (χ1) is 5.79. The van der Waals surface area contributed by atoms with Gasteiger partial charge < -0.3 is 5.11 Å². The molecule has 2 unspecified atom stereocenters. The molecule has 1 nitrogen and oxygen atoms in total. The SMILES string of the molecule is CC(C)CC(C)C1(O)CCC1(C)C. The molecule has 78 valence electrons. The number of hydrogen-bond acceptors (Lipinski definition) is 1. The van der Waals surface area contributed by atoms with Gasteiger partial charge in [-0.25, -0.2) is 0 Å². The summed E-state index contributed by atoms with van der Waals surface area (Å²) in [5.41, 5.74) is -0.251. The molecule has 2 atom stereocenters. The lowest BCUT2D eigenvalue weighted by molar-refractivity contribution is -0.184. The van der Waals surface area contributed by atoms with Crippen LogP contribution in [0.1, 0.15) is 53.9 Å². The van der Waals surface area contributed by atoms with E-state index < -0.39 is 5.60 Å². The summed E-state index contributed by atoms with van der Waals surface area (Å²) in [6.45, 7) is 11.0. The van der Waals surface area contributed by atoms with E-state index in [4.69, 9.17) is 0 Å². The van der Waals surface area contributed by atoms with Gasteiger partial charge in [0, 0.05) is 0 Å². The zero-order valence-corrected chi connectivity index (χ0v) is 9.72. The van der Waals surface area contributed by atoms with Crippen LogP contribution in [0.2, 0.25) is 0 Å². The second-order valence-electron chi connectivity index (χ2n) is 5.84. The maximum atomic E-state index is 10.5. The third-order valence-electron chi connectivity index (χ3n) is 3.94. The van der Waals surface area contributed by atoms with Crippen LogP contribution in [0.25, 0.3) is 0 Å². The van der Waals surface area contributed by atoms with E-state index in [2.05, 4.69) is 34.6 Å². The standard InChI is InChI=1S/C12H24O/c1-9(2)8-10(3)12(13)7-6-11(12,4)5/h9-10,13H,6-8H2,1-5H3. The Balaban J connectivity index is 2.60. The van der Waals surface area contributed by atoms with Gasteiger partial charge in [-0.3, -0.25) is 0 Å². The van der Waals surface area contributed by atoms with Gasteiger partial charge in [-0.1, -0.05) is 34.6 Å². The molecule has 1 rings (SSSR count). The molecule has 1 fully saturated rings. The Bertz CT molecular complexity index is 184. The van der Waals surface area contributed by atoms with Gasteiger partial charge in [-0.15, -0.1) is 0 Å². The highest BCUT2D eigenvalue weighted by atomic mass is 16.3. The van der Waals surface area contributed by atoms with E-state index >= 15 is 0 Å². The van der Waals surface area contributed by atoms with Crippen molar-refractivity contribution in [1.82, 2.24) is 0 Å². The summed E-state index contributed by atoms with van der Waals surface area (Å²) in [4.78, 5) is 0. The van der Waals surface area contributed by atoms with Crippen LogP contribution in [0.3, 0.4) is 0 Å². The highest BCUT2D eigenvalue weighted by molar-refractivity contribution is 5.05. The van der Waals surface area contributed by atoms with E-state index in [1.54, 1.807) is 0 Å². The fourth-order valence-electron chi connectivity index (χ4n) is 2.70. The molecule has 1 saturated carbocycles. The van der Waals surface area contributed by atoms with Crippen molar-refractivity contribution in [3.63, 3.8) is 0 Å². The van der Waals surface area contributed by atoms with Crippen molar-refractivity contribution in [2.45, 2.75) is 59.5 Å². The van der Waals surface area contributed by atoms with Gasteiger partial charge in [0.05, 0.1) is 5.60 Å². The summed E-state index contributed by atoms with van der Waals surface area (Å²) in [7, 11) is 0. The molecule has 1 heteroatoms. The van der Waals surface area contributed by atoms with Crippen LogP contribution in [0.5, 0.6) is 0 Å². The van der Waals surface area contributed by atoms with Crippen molar-refractivity contribution in [2.24, 2.45) is 17.3 Å². The first kappa shape index (κ1) is 11.0. The van der Waals surface area contributed by atoms with Crippen molar-refractivity contribution in [3.05, 3.63) is 0 Å². The Kier molecular flexibility index (Phi) is 2.78. The summed E-state index contributed by atoms with van der Waals surface area (Å²) in [6.07, 6.45) is 3.31. The maximum Gasteiger partial charge on any atom is 0.0724 e. The van der Waals surface area contributed by atoms with E-state index in [1.165, 1.54) is 6.42 Å². The summed E-state index contributed by atoms with van der Waals surface area (Å²) < 4.78 is 0. The molecular formula is C12H24O. The summed E-state index contributed by atoms with van der Waals surface area (Å²) in [5.74, 6) is 1.13. The largest absolute Gasteiger partial charge is 0.389 e. The second-order valence-corrected chi connectivity index (χ2v) is 5.84. The normalized spacial score (nSPS) is 34.4. The zero-order valence-electron chi connectivity index (χ0n) is 9.72. The molecule has 0 spiro atoms. The number of aliphatic hydroxyl groups is 1. The van der Waals surface area contributed by atoms with Gasteiger partial charge in [0.15, 0.2) is 0 Å². The topological polar surface area (TPSA) is 20.2 Å². The van der Waals surface area contributed by atoms with E-state index in [9.17, 15) is 5.11 Å². The molecule has 0 aliphatic heterocycles. The first-order valence-corrected chi connectivity index (χ1v) is 5.52. The average Bonchev–Trinajstić information content (AvgIpc) is 1.99. The minimum Gasteiger partial charge on any atom is -0.389 e. The predicted molar refractivity (Wildman–Crippen MR) is 56.6 cm³/mol. The average molecular weight is 184 g/mol. The van der Waals surface area contributed by atoms with Gasteiger partial charge >= 0.3 is 0 Å². The highest BCUT2D eigenvalue weighted by Crippen LogP contribution is 2.54. The molecule has 0 heterocycles. The number of rotatable bonds is 3. The predicted octanol–water partition coefficient (Wildman–Crippen LogP) is 3.22. The molecule has 0 aromatic rings. The quantitative estimate of drug-likeness (QED) is 0.714. The Hall–Kier alpha value is -0.0400. The maximum absolute atomic E-state index is 10.5. The molecule has 1 aliphatic rings. The molecule has 0 aromatic heterocycles. The van der Waals surface area contributed by atoms with Crippen molar-refractivity contribution in [2.75, 3.05) is 0 Å². The lowest BCUT2D eigenvalue weighted by atomic mass is 9.53. The molecule has 0 amide bonds. The molecule has 0 bridgehead atoms. The van der Waals surface area contributed by atoms with Crippen molar-refractivity contribution in [1.29, 1.82) is 0 Å². The van der Waals surface area contributed by atoms with Crippen molar-refractivity contribution >= 4 is 0 Å². The smallest absolute Gasteiger partial charge is 0.0724 e. The molecule has 0 aromatic carbocycles. The van der Waals surface area contributed by atoms with E-state index in [0.717, 1.165) is 12.8 Å². The monoisotopic (exact) mass is 184 g/mol. The highest BCUT2D eigenvalue weighted by Gasteiger charge is 2.54. The summed E-state index contributed by atoms with van der Waals surface area (Å²) in [5, 5.41) is 10.5. The van der Waals surface area contributed by atoms with Crippen LogP contribution in [0.15, 0.2) is 0 Å². The Morgan fingerprint density at radius 2 is 1.69 bits per heavy atom. The van der Waals surface area contributed by atoms with Gasteiger partial charge in [-0.05, 0) is 36.5 Å². The summed E-state index contributed by atoms with van der Waals surface area (Å²) in [6, 6.07) is 0. The Morgan fingerprint density at radius 1 is 1.15 bits per heavy atom. The fourth-order valence-corrected chi connectivity index (χ4v) is 2.70. The molecular weight excluding hydrogens is 160 g/mol. The third-order valence-corrected chi connectivity index (χ3v) is 3.94. The second kappa shape index (κ2) is 3.27. The van der Waals surface area contributed by atoms with Gasteiger partial charge in [0.25, 0.3) is 0 Å². The fraction of sp³-hybridized carbons (Fsp3) is 1.00. The van der Waals surface area contributed by atoms with Gasteiger partial charge in [0.1, 0.15) is 0 Å². The minimum atomic E-state index is -0.392. The Morgan fingerprint density at radius 3 is 1.92 bits per heavy atom. The molecule has 13 heavy (non-hydrogen) atoms. The van der Waals surface area contributed by atoms with Crippen LogP contribution in [0, 0.1) is 17.3 Å². The van der Waals surface area contributed by atoms with E-state index in [-0.39, 0.29) is 5.41 Å². The molecule has 1 N–H and O–H groups in total. The van der Waals surface area contributed by atoms with Crippen LogP contribution in [0.4, 0.5) is 0 Å². The van der Waals surface area contributed by atoms with Crippen molar-refractivity contribution < 1.29 is 5.11 Å². The van der Waals surface area contributed by atoms with E-state index in [0.29, 0.717) is 11.8 Å². The summed E-state index contributed by atoms with van der Waals surface area (Å²) >= 11 is 0. The van der Waals surface area contributed by atoms with E-state index in [1.807, 2.05) is 0 Å². The van der Waals surface area contributed by atoms with Crippen LogP contribution in [-0.2, 0) is 0 Å². The van der Waals surface area contributed by atoms with Crippen molar-refractivity contribution in [3.8, 4) is 0 Å². The van der Waals surface area contributed by atoms with Crippen LogP contribution in [-0.4, -0.2) is 10.7 Å².